The van der Waals surface area contributed by atoms with Crippen LogP contribution in [0.3, 0.4) is 0 Å². The lowest BCUT2D eigenvalue weighted by atomic mass is 9.87. The van der Waals surface area contributed by atoms with Crippen molar-refractivity contribution >= 4 is 27.7 Å². The van der Waals surface area contributed by atoms with Gasteiger partial charge in [-0.3, -0.25) is 0 Å². The number of benzene rings is 2. The maximum absolute atomic E-state index is 14.9. The molecule has 0 spiro atoms. The molecule has 2 fully saturated rings. The van der Waals surface area contributed by atoms with E-state index in [1.54, 1.807) is 31.5 Å². The minimum absolute atomic E-state index is 0.245. The predicted molar refractivity (Wildman–Crippen MR) is 157 cm³/mol. The van der Waals surface area contributed by atoms with Crippen LogP contribution in [0.5, 0.6) is 11.5 Å². The molecule has 4 aromatic rings. The molecule has 2 saturated heterocycles. The van der Waals surface area contributed by atoms with Crippen molar-refractivity contribution in [2.75, 3.05) is 26.2 Å². The van der Waals surface area contributed by atoms with Gasteiger partial charge in [-0.15, -0.1) is 11.3 Å². The number of rotatable bonds is 7. The van der Waals surface area contributed by atoms with Gasteiger partial charge in [0.05, 0.1) is 41.2 Å². The number of aromatic nitrogens is 2. The van der Waals surface area contributed by atoms with Crippen LogP contribution in [0.2, 0.25) is 0 Å². The van der Waals surface area contributed by atoms with Crippen LogP contribution in [0.15, 0.2) is 48.8 Å². The van der Waals surface area contributed by atoms with Gasteiger partial charge in [0.25, 0.3) is 5.79 Å². The zero-order valence-electron chi connectivity index (χ0n) is 23.7. The summed E-state index contributed by atoms with van der Waals surface area (Å²) < 4.78 is 35.9. The Kier molecular flexibility index (Phi) is 6.88. The average molecular weight is 603 g/mol. The Bertz CT molecular complexity index is 1750. The van der Waals surface area contributed by atoms with Crippen LogP contribution in [-0.4, -0.2) is 57.4 Å². The Hall–Kier alpha value is -3.98. The quantitative estimate of drug-likeness (QED) is 0.279. The molecule has 0 bridgehead atoms. The Balaban J connectivity index is 1.04. The second kappa shape index (κ2) is 10.6. The molecule has 0 amide bonds. The fourth-order valence-corrected chi connectivity index (χ4v) is 7.64. The Morgan fingerprint density at radius 2 is 2.05 bits per heavy atom. The van der Waals surface area contributed by atoms with E-state index >= 15 is 0 Å². The topological polar surface area (TPSA) is 110 Å². The van der Waals surface area contributed by atoms with E-state index in [1.165, 1.54) is 17.4 Å². The van der Waals surface area contributed by atoms with E-state index in [0.717, 1.165) is 61.2 Å². The van der Waals surface area contributed by atoms with E-state index in [2.05, 4.69) is 16.0 Å². The molecular formula is C32H31FN4O5S. The smallest absolute Gasteiger partial charge is 0.346 e. The lowest BCUT2D eigenvalue weighted by molar-refractivity contribution is -0.0713. The van der Waals surface area contributed by atoms with Gasteiger partial charge in [0.2, 0.25) is 0 Å². The summed E-state index contributed by atoms with van der Waals surface area (Å²) in [6.45, 7) is 5.62. The van der Waals surface area contributed by atoms with E-state index in [1.807, 2.05) is 22.8 Å². The van der Waals surface area contributed by atoms with Gasteiger partial charge in [-0.2, -0.15) is 5.26 Å². The molecule has 2 atom stereocenters. The van der Waals surface area contributed by atoms with Crippen molar-refractivity contribution in [1.82, 2.24) is 14.5 Å². The minimum atomic E-state index is -1.32. The molecule has 7 rings (SSSR count). The molecule has 1 N–H and O–H groups in total. The van der Waals surface area contributed by atoms with Gasteiger partial charge in [0.1, 0.15) is 15.5 Å². The normalized spacial score (nSPS) is 24.0. The third-order valence-electron chi connectivity index (χ3n) is 8.91. The number of thiophene rings is 1. The first-order chi connectivity index (χ1) is 20.8. The number of carboxylic acids is 1. The van der Waals surface area contributed by atoms with Crippen molar-refractivity contribution in [3.05, 3.63) is 76.2 Å². The Morgan fingerprint density at radius 1 is 1.21 bits per heavy atom. The number of likely N-dealkylation sites (tertiary alicyclic amines) is 1. The first-order valence-electron chi connectivity index (χ1n) is 14.5. The predicted octanol–water partition coefficient (Wildman–Crippen LogP) is 5.88. The molecule has 222 valence electrons. The average Bonchev–Trinajstić information content (AvgIpc) is 3.78. The van der Waals surface area contributed by atoms with Crippen LogP contribution in [0.4, 0.5) is 4.39 Å². The summed E-state index contributed by atoms with van der Waals surface area (Å²) in [5.41, 5.74) is 2.04. The first kappa shape index (κ1) is 27.8. The summed E-state index contributed by atoms with van der Waals surface area (Å²) in [5, 5.41) is 18.5. The summed E-state index contributed by atoms with van der Waals surface area (Å²) in [6, 6.07) is 13.9. The SMILES string of the molecule is CC1(c2ccc(C#N)cc2F)Oc2cccc(C3CCN(C[C@]4(Cn5cnc6sc(C(=O)O)cc65)CCCO4)CC3)c2O1. The number of hydrogen-bond acceptors (Lipinski definition) is 8. The molecule has 3 aliphatic heterocycles. The molecule has 11 heteroatoms. The Labute approximate surface area is 252 Å². The number of para-hydroxylation sites is 1. The van der Waals surface area contributed by atoms with Crippen LogP contribution in [0, 0.1) is 17.1 Å². The largest absolute Gasteiger partial charge is 0.477 e. The van der Waals surface area contributed by atoms with Gasteiger partial charge < -0.3 is 28.8 Å². The number of aromatic carboxylic acids is 1. The number of ether oxygens (including phenoxy) is 3. The lowest BCUT2D eigenvalue weighted by Gasteiger charge is -2.39. The number of piperidine rings is 1. The maximum atomic E-state index is 14.9. The first-order valence-corrected chi connectivity index (χ1v) is 15.3. The number of nitrogens with zero attached hydrogens (tertiary/aromatic N) is 4. The van der Waals surface area contributed by atoms with Crippen molar-refractivity contribution in [1.29, 1.82) is 5.26 Å². The third kappa shape index (κ3) is 5.03. The van der Waals surface area contributed by atoms with Crippen molar-refractivity contribution in [2.45, 2.75) is 56.5 Å². The fourth-order valence-electron chi connectivity index (χ4n) is 6.79. The van der Waals surface area contributed by atoms with Gasteiger partial charge in [-0.25, -0.2) is 14.2 Å². The number of carboxylic acid groups (broad SMARTS) is 1. The summed E-state index contributed by atoms with van der Waals surface area (Å²) in [6.07, 6.45) is 5.58. The molecule has 0 saturated carbocycles. The van der Waals surface area contributed by atoms with Crippen LogP contribution in [0.25, 0.3) is 10.3 Å². The molecule has 43 heavy (non-hydrogen) atoms. The highest BCUT2D eigenvalue weighted by Gasteiger charge is 2.43. The van der Waals surface area contributed by atoms with Gasteiger partial charge in [-0.1, -0.05) is 12.1 Å². The number of hydrogen-bond donors (Lipinski definition) is 1. The van der Waals surface area contributed by atoms with Crippen molar-refractivity contribution in [2.24, 2.45) is 0 Å². The highest BCUT2D eigenvalue weighted by Crippen LogP contribution is 2.50. The molecule has 2 aromatic carbocycles. The maximum Gasteiger partial charge on any atom is 0.346 e. The van der Waals surface area contributed by atoms with E-state index in [9.17, 15) is 14.3 Å². The number of nitriles is 1. The molecule has 2 aromatic heterocycles. The van der Waals surface area contributed by atoms with E-state index in [-0.39, 0.29) is 22.6 Å². The second-order valence-corrected chi connectivity index (χ2v) is 12.8. The van der Waals surface area contributed by atoms with Gasteiger partial charge in [0, 0.05) is 25.6 Å². The Morgan fingerprint density at radius 3 is 2.77 bits per heavy atom. The van der Waals surface area contributed by atoms with Crippen LogP contribution in [-0.2, 0) is 17.1 Å². The number of fused-ring (bicyclic) bond motifs is 2. The van der Waals surface area contributed by atoms with E-state index in [0.29, 0.717) is 29.5 Å². The fraction of sp³-hybridized carbons (Fsp3) is 0.406. The van der Waals surface area contributed by atoms with Gasteiger partial charge >= 0.3 is 5.97 Å². The molecule has 1 unspecified atom stereocenters. The highest BCUT2D eigenvalue weighted by molar-refractivity contribution is 7.20. The molecular weight excluding hydrogens is 571 g/mol. The van der Waals surface area contributed by atoms with E-state index in [4.69, 9.17) is 19.5 Å². The monoisotopic (exact) mass is 602 g/mol. The van der Waals surface area contributed by atoms with Crippen LogP contribution >= 0.6 is 11.3 Å². The third-order valence-corrected chi connectivity index (χ3v) is 9.93. The minimum Gasteiger partial charge on any atom is -0.477 e. The standard InChI is InChI=1S/C32H31FN4O5S/c1-31(23-7-6-20(16-34)14-24(23)33)41-26-5-2-4-22(28(26)42-31)21-8-11-36(12-9-21)17-32(10-3-13-40-32)18-37-19-35-29-25(37)15-27(43-29)30(38)39/h2,4-7,14-15,19,21H,3,8-13,17-18H2,1H3,(H,38,39)/t31?,32-/m0/s1. The molecule has 0 radical (unpaired) electrons. The molecule has 3 aliphatic rings. The molecule has 0 aliphatic carbocycles. The summed E-state index contributed by atoms with van der Waals surface area (Å²) in [4.78, 5) is 19.4. The van der Waals surface area contributed by atoms with Crippen LogP contribution in [0.1, 0.15) is 64.9 Å². The van der Waals surface area contributed by atoms with Crippen molar-refractivity contribution in [3.8, 4) is 17.6 Å². The lowest BCUT2D eigenvalue weighted by Crippen LogP contribution is -2.48. The number of halogens is 1. The molecule has 5 heterocycles. The summed E-state index contributed by atoms with van der Waals surface area (Å²) in [7, 11) is 0. The van der Waals surface area contributed by atoms with Gasteiger partial charge in [-0.05, 0) is 75.0 Å². The van der Waals surface area contributed by atoms with Crippen LogP contribution < -0.4 is 9.47 Å². The highest BCUT2D eigenvalue weighted by atomic mass is 32.1. The zero-order chi connectivity index (χ0) is 29.8. The molecule has 9 nitrogen and oxygen atoms in total. The summed E-state index contributed by atoms with van der Waals surface area (Å²) in [5.74, 6) is -1.28. The van der Waals surface area contributed by atoms with Crippen molar-refractivity contribution in [3.63, 3.8) is 0 Å². The number of imidazole rings is 1. The van der Waals surface area contributed by atoms with Crippen molar-refractivity contribution < 1.29 is 28.5 Å². The van der Waals surface area contributed by atoms with Gasteiger partial charge in [0.15, 0.2) is 11.5 Å². The zero-order valence-corrected chi connectivity index (χ0v) is 24.5. The van der Waals surface area contributed by atoms with E-state index < -0.39 is 17.6 Å². The summed E-state index contributed by atoms with van der Waals surface area (Å²) >= 11 is 1.19. The second-order valence-electron chi connectivity index (χ2n) is 11.8. The number of carbonyl (C=O) groups is 1.